The number of aromatic nitrogens is 3. The number of carbonyl (C=O) groups is 1. The number of nitrogens with zero attached hydrogens (tertiary/aromatic N) is 2. The second-order valence-electron chi connectivity index (χ2n) is 7.96. The zero-order chi connectivity index (χ0) is 20.4. The Bertz CT molecular complexity index is 1140. The Labute approximate surface area is 169 Å². The van der Waals surface area contributed by atoms with Crippen LogP contribution in [0.4, 0.5) is 16.2 Å². The number of urea groups is 1. The Morgan fingerprint density at radius 3 is 2.24 bits per heavy atom. The third-order valence-electron chi connectivity index (χ3n) is 4.68. The van der Waals surface area contributed by atoms with Crippen LogP contribution in [-0.2, 0) is 5.41 Å². The molecule has 0 aliphatic carbocycles. The summed E-state index contributed by atoms with van der Waals surface area (Å²) in [4.78, 5) is 16.9. The lowest BCUT2D eigenvalue weighted by Crippen LogP contribution is -2.19. The van der Waals surface area contributed by atoms with E-state index in [-0.39, 0.29) is 11.4 Å². The molecule has 0 aliphatic rings. The monoisotopic (exact) mass is 385 g/mol. The van der Waals surface area contributed by atoms with E-state index in [1.807, 2.05) is 54.6 Å². The molecule has 0 saturated heterocycles. The molecule has 0 atom stereocenters. The van der Waals surface area contributed by atoms with Crippen molar-refractivity contribution in [1.29, 1.82) is 0 Å². The van der Waals surface area contributed by atoms with Crippen molar-refractivity contribution in [1.82, 2.24) is 15.2 Å². The molecular weight excluding hydrogens is 362 g/mol. The van der Waals surface area contributed by atoms with Crippen molar-refractivity contribution < 1.29 is 4.79 Å². The van der Waals surface area contributed by atoms with Crippen LogP contribution in [0, 0.1) is 0 Å². The third-order valence-corrected chi connectivity index (χ3v) is 4.68. The topological polar surface area (TPSA) is 82.7 Å². The summed E-state index contributed by atoms with van der Waals surface area (Å²) in [6.45, 7) is 6.42. The number of rotatable bonds is 3. The molecule has 4 aromatic rings. The van der Waals surface area contributed by atoms with E-state index in [9.17, 15) is 4.79 Å². The van der Waals surface area contributed by atoms with Crippen LogP contribution in [0.2, 0.25) is 0 Å². The van der Waals surface area contributed by atoms with Crippen molar-refractivity contribution in [3.63, 3.8) is 0 Å². The largest absolute Gasteiger partial charge is 0.323 e. The molecule has 0 aliphatic heterocycles. The summed E-state index contributed by atoms with van der Waals surface area (Å²) in [6.07, 6.45) is 1.80. The highest BCUT2D eigenvalue weighted by Crippen LogP contribution is 2.32. The lowest BCUT2D eigenvalue weighted by molar-refractivity contribution is 0.262. The van der Waals surface area contributed by atoms with E-state index in [2.05, 4.69) is 47.7 Å². The summed E-state index contributed by atoms with van der Waals surface area (Å²) in [6, 6.07) is 18.9. The average molecular weight is 385 g/mol. The van der Waals surface area contributed by atoms with Crippen molar-refractivity contribution >= 4 is 28.4 Å². The number of H-pyrrole nitrogens is 1. The smallest absolute Gasteiger partial charge is 0.308 e. The Kier molecular flexibility index (Phi) is 4.76. The van der Waals surface area contributed by atoms with Gasteiger partial charge in [-0.05, 0) is 41.5 Å². The van der Waals surface area contributed by atoms with Crippen LogP contribution in [0.15, 0.2) is 66.9 Å². The fourth-order valence-corrected chi connectivity index (χ4v) is 3.10. The van der Waals surface area contributed by atoms with Crippen molar-refractivity contribution in [2.75, 3.05) is 10.6 Å². The second kappa shape index (κ2) is 7.39. The van der Waals surface area contributed by atoms with E-state index < -0.39 is 0 Å². The second-order valence-corrected chi connectivity index (χ2v) is 7.96. The summed E-state index contributed by atoms with van der Waals surface area (Å²) < 4.78 is 0. The third kappa shape index (κ3) is 4.11. The van der Waals surface area contributed by atoms with E-state index >= 15 is 0 Å². The Morgan fingerprint density at radius 2 is 1.59 bits per heavy atom. The maximum Gasteiger partial charge on any atom is 0.323 e. The standard InChI is InChI=1S/C23H23N5O/c1-23(2,3)20-13-18(19-14-24-28-21(19)27-20)15-9-11-17(12-10-15)26-22(29)25-16-7-5-4-6-8-16/h4-14H,1-3H3,(H,24,27,28)(H2,25,26,29). The summed E-state index contributed by atoms with van der Waals surface area (Å²) in [5.74, 6) is 0. The lowest BCUT2D eigenvalue weighted by Gasteiger charge is -2.19. The fraction of sp³-hybridized carbons (Fsp3) is 0.174. The normalized spacial score (nSPS) is 11.4. The Balaban J connectivity index is 1.58. The SMILES string of the molecule is CC(C)(C)c1cc(-c2ccc(NC(=O)Nc3ccccc3)cc2)c2cn[nH]c2n1. The van der Waals surface area contributed by atoms with E-state index in [1.54, 1.807) is 6.20 Å². The minimum atomic E-state index is -0.278. The van der Waals surface area contributed by atoms with Gasteiger partial charge in [0.05, 0.1) is 6.20 Å². The maximum absolute atomic E-state index is 12.2. The number of hydrogen-bond acceptors (Lipinski definition) is 3. The average Bonchev–Trinajstić information content (AvgIpc) is 3.17. The van der Waals surface area contributed by atoms with Crippen LogP contribution >= 0.6 is 0 Å². The van der Waals surface area contributed by atoms with Gasteiger partial charge in [0.2, 0.25) is 0 Å². The number of anilines is 2. The predicted octanol–water partition coefficient (Wildman–Crippen LogP) is 5.57. The van der Waals surface area contributed by atoms with Gasteiger partial charge in [-0.25, -0.2) is 9.78 Å². The number of hydrogen-bond donors (Lipinski definition) is 3. The van der Waals surface area contributed by atoms with Crippen LogP contribution in [0.3, 0.4) is 0 Å². The molecule has 0 radical (unpaired) electrons. The molecule has 6 nitrogen and oxygen atoms in total. The number of aromatic amines is 1. The highest BCUT2D eigenvalue weighted by Gasteiger charge is 2.19. The van der Waals surface area contributed by atoms with E-state index in [0.29, 0.717) is 0 Å². The van der Waals surface area contributed by atoms with Crippen LogP contribution in [0.25, 0.3) is 22.2 Å². The molecule has 0 spiro atoms. The predicted molar refractivity (Wildman–Crippen MR) is 117 cm³/mol. The van der Waals surface area contributed by atoms with Gasteiger partial charge in [-0.15, -0.1) is 0 Å². The Morgan fingerprint density at radius 1 is 0.931 bits per heavy atom. The first-order chi connectivity index (χ1) is 13.9. The van der Waals surface area contributed by atoms with Gasteiger partial charge in [-0.2, -0.15) is 5.10 Å². The first-order valence-electron chi connectivity index (χ1n) is 9.48. The fourth-order valence-electron chi connectivity index (χ4n) is 3.10. The number of para-hydroxylation sites is 1. The molecule has 2 amide bonds. The molecule has 29 heavy (non-hydrogen) atoms. The molecule has 4 rings (SSSR count). The highest BCUT2D eigenvalue weighted by molar-refractivity contribution is 6.00. The molecule has 0 saturated carbocycles. The molecule has 0 fully saturated rings. The number of nitrogens with one attached hydrogen (secondary N) is 3. The van der Waals surface area contributed by atoms with Gasteiger partial charge < -0.3 is 10.6 Å². The molecule has 0 unspecified atom stereocenters. The zero-order valence-electron chi connectivity index (χ0n) is 16.7. The molecule has 0 bridgehead atoms. The minimum absolute atomic E-state index is 0.0783. The van der Waals surface area contributed by atoms with Crippen LogP contribution in [-0.4, -0.2) is 21.2 Å². The van der Waals surface area contributed by atoms with Crippen molar-refractivity contribution in [3.8, 4) is 11.1 Å². The number of benzene rings is 2. The summed E-state index contributed by atoms with van der Waals surface area (Å²) in [7, 11) is 0. The van der Waals surface area contributed by atoms with Gasteiger partial charge in [-0.1, -0.05) is 51.1 Å². The van der Waals surface area contributed by atoms with Crippen molar-refractivity contribution in [3.05, 3.63) is 72.6 Å². The van der Waals surface area contributed by atoms with E-state index in [1.165, 1.54) is 0 Å². The van der Waals surface area contributed by atoms with Crippen LogP contribution in [0.1, 0.15) is 26.5 Å². The van der Waals surface area contributed by atoms with Crippen LogP contribution < -0.4 is 10.6 Å². The molecule has 2 aromatic heterocycles. The first-order valence-corrected chi connectivity index (χ1v) is 9.48. The highest BCUT2D eigenvalue weighted by atomic mass is 16.2. The lowest BCUT2D eigenvalue weighted by atomic mass is 9.89. The van der Waals surface area contributed by atoms with E-state index in [0.717, 1.165) is 39.2 Å². The number of fused-ring (bicyclic) bond motifs is 1. The minimum Gasteiger partial charge on any atom is -0.308 e. The number of carbonyl (C=O) groups excluding carboxylic acids is 1. The van der Waals surface area contributed by atoms with Gasteiger partial charge in [0.15, 0.2) is 5.65 Å². The zero-order valence-corrected chi connectivity index (χ0v) is 16.7. The van der Waals surface area contributed by atoms with E-state index in [4.69, 9.17) is 4.98 Å². The molecular formula is C23H23N5O. The first kappa shape index (κ1) is 18.7. The van der Waals surface area contributed by atoms with Crippen molar-refractivity contribution in [2.45, 2.75) is 26.2 Å². The Hall–Kier alpha value is -3.67. The van der Waals surface area contributed by atoms with Crippen LogP contribution in [0.5, 0.6) is 0 Å². The van der Waals surface area contributed by atoms with Gasteiger partial charge >= 0.3 is 6.03 Å². The van der Waals surface area contributed by atoms with Gasteiger partial charge in [0, 0.05) is 27.9 Å². The molecule has 3 N–H and O–H groups in total. The van der Waals surface area contributed by atoms with Gasteiger partial charge in [0.25, 0.3) is 0 Å². The number of pyridine rings is 1. The molecule has 6 heteroatoms. The maximum atomic E-state index is 12.2. The molecule has 2 heterocycles. The van der Waals surface area contributed by atoms with Gasteiger partial charge in [0.1, 0.15) is 0 Å². The van der Waals surface area contributed by atoms with Crippen molar-refractivity contribution in [2.24, 2.45) is 0 Å². The van der Waals surface area contributed by atoms with Gasteiger partial charge in [-0.3, -0.25) is 5.10 Å². The summed E-state index contributed by atoms with van der Waals surface area (Å²) >= 11 is 0. The number of amides is 2. The molecule has 2 aromatic carbocycles. The summed E-state index contributed by atoms with van der Waals surface area (Å²) in [5, 5.41) is 13.8. The summed E-state index contributed by atoms with van der Waals surface area (Å²) in [5.41, 5.74) is 5.26. The molecule has 146 valence electrons. The quantitative estimate of drug-likeness (QED) is 0.431.